The first kappa shape index (κ1) is 17.3. The number of nitrogens with one attached hydrogen (secondary N) is 1. The first-order valence-corrected chi connectivity index (χ1v) is 11.4. The molecular formula is C24H36N2. The highest BCUT2D eigenvalue weighted by atomic mass is 15.1. The van der Waals surface area contributed by atoms with Crippen LogP contribution in [0, 0.1) is 23.7 Å². The quantitative estimate of drug-likeness (QED) is 0.686. The Kier molecular flexibility index (Phi) is 5.07. The van der Waals surface area contributed by atoms with E-state index in [0.29, 0.717) is 0 Å². The van der Waals surface area contributed by atoms with Gasteiger partial charge in [0.1, 0.15) is 0 Å². The zero-order chi connectivity index (χ0) is 17.3. The van der Waals surface area contributed by atoms with Crippen molar-refractivity contribution in [1.82, 2.24) is 10.2 Å². The maximum absolute atomic E-state index is 3.85. The highest BCUT2D eigenvalue weighted by Gasteiger charge is 2.41. The number of rotatable bonds is 9. The highest BCUT2D eigenvalue weighted by Crippen LogP contribution is 2.49. The lowest BCUT2D eigenvalue weighted by Crippen LogP contribution is -2.35. The molecule has 1 saturated heterocycles. The molecule has 0 aromatic heterocycles. The van der Waals surface area contributed by atoms with Gasteiger partial charge in [-0.2, -0.15) is 0 Å². The molecule has 0 bridgehead atoms. The molecule has 0 amide bonds. The van der Waals surface area contributed by atoms with Crippen LogP contribution in [0.5, 0.6) is 0 Å². The van der Waals surface area contributed by atoms with Crippen LogP contribution in [0.25, 0.3) is 0 Å². The van der Waals surface area contributed by atoms with E-state index in [1.165, 1.54) is 83.1 Å². The smallest absolute Gasteiger partial charge is 0.0233 e. The van der Waals surface area contributed by atoms with Crippen LogP contribution in [0.15, 0.2) is 24.3 Å². The van der Waals surface area contributed by atoms with E-state index in [1.807, 2.05) is 0 Å². The summed E-state index contributed by atoms with van der Waals surface area (Å²) in [5, 5.41) is 3.85. The van der Waals surface area contributed by atoms with E-state index in [1.54, 1.807) is 5.56 Å². The summed E-state index contributed by atoms with van der Waals surface area (Å²) < 4.78 is 0. The molecule has 1 aliphatic heterocycles. The van der Waals surface area contributed by atoms with Crippen molar-refractivity contribution in [2.75, 3.05) is 26.2 Å². The second-order valence-electron chi connectivity index (χ2n) is 9.76. The molecular weight excluding hydrogens is 316 g/mol. The number of benzene rings is 1. The molecule has 1 N–H and O–H groups in total. The minimum absolute atomic E-state index is 0.824. The standard InChI is InChI=1S/C24H36N2/c1-2-12-26(11-1)17-18-3-5-20(6-4-18)23-13-19(14-23)15-25-16-24(21-7-8-21)22-9-10-22/h3-6,19,21-25H,1-2,7-17H2. The largest absolute Gasteiger partial charge is 0.316 e. The molecule has 1 aromatic rings. The van der Waals surface area contributed by atoms with Crippen LogP contribution < -0.4 is 5.32 Å². The van der Waals surface area contributed by atoms with E-state index in [2.05, 4.69) is 34.5 Å². The predicted octanol–water partition coefficient (Wildman–Crippen LogP) is 4.80. The van der Waals surface area contributed by atoms with Gasteiger partial charge in [0.15, 0.2) is 0 Å². The van der Waals surface area contributed by atoms with Gasteiger partial charge in [0.25, 0.3) is 0 Å². The Morgan fingerprint density at radius 1 is 0.923 bits per heavy atom. The first-order chi connectivity index (χ1) is 12.8. The highest BCUT2D eigenvalue weighted by molar-refractivity contribution is 5.27. The van der Waals surface area contributed by atoms with Crippen molar-refractivity contribution in [2.24, 2.45) is 23.7 Å². The zero-order valence-corrected chi connectivity index (χ0v) is 16.3. The average Bonchev–Trinajstić information content (AvgIpc) is 3.55. The van der Waals surface area contributed by atoms with Crippen LogP contribution in [0.2, 0.25) is 0 Å². The van der Waals surface area contributed by atoms with Crippen molar-refractivity contribution >= 4 is 0 Å². The third-order valence-corrected chi connectivity index (χ3v) is 7.56. The Labute approximate surface area is 159 Å². The van der Waals surface area contributed by atoms with Gasteiger partial charge in [0.2, 0.25) is 0 Å². The third kappa shape index (κ3) is 4.17. The van der Waals surface area contributed by atoms with Crippen LogP contribution in [0.4, 0.5) is 0 Å². The van der Waals surface area contributed by atoms with Crippen molar-refractivity contribution in [3.63, 3.8) is 0 Å². The van der Waals surface area contributed by atoms with Gasteiger partial charge in [-0.1, -0.05) is 24.3 Å². The molecule has 5 rings (SSSR count). The van der Waals surface area contributed by atoms with Crippen molar-refractivity contribution in [3.8, 4) is 0 Å². The fourth-order valence-corrected chi connectivity index (χ4v) is 5.49. The van der Waals surface area contributed by atoms with Crippen LogP contribution in [0.1, 0.15) is 68.4 Å². The third-order valence-electron chi connectivity index (χ3n) is 7.56. The zero-order valence-electron chi connectivity index (χ0n) is 16.3. The summed E-state index contributed by atoms with van der Waals surface area (Å²) in [6, 6.07) is 9.59. The second kappa shape index (κ2) is 7.64. The lowest BCUT2D eigenvalue weighted by atomic mass is 9.71. The SMILES string of the molecule is c1cc(C2CC(CNCC(C3CC3)C3CC3)C2)ccc1CN1CCCC1. The Balaban J connectivity index is 1.02. The van der Waals surface area contributed by atoms with E-state index in [-0.39, 0.29) is 0 Å². The molecule has 26 heavy (non-hydrogen) atoms. The van der Waals surface area contributed by atoms with Gasteiger partial charge in [0, 0.05) is 6.54 Å². The molecule has 0 atom stereocenters. The molecule has 3 aliphatic carbocycles. The Bertz CT molecular complexity index is 563. The number of nitrogens with zero attached hydrogens (tertiary/aromatic N) is 1. The summed E-state index contributed by atoms with van der Waals surface area (Å²) in [6.45, 7) is 6.31. The van der Waals surface area contributed by atoms with E-state index in [0.717, 1.165) is 36.1 Å². The maximum Gasteiger partial charge on any atom is 0.0233 e. The molecule has 1 heterocycles. The van der Waals surface area contributed by atoms with Crippen LogP contribution in [-0.4, -0.2) is 31.1 Å². The fraction of sp³-hybridized carbons (Fsp3) is 0.750. The van der Waals surface area contributed by atoms with Gasteiger partial charge in [-0.25, -0.2) is 0 Å². The fourth-order valence-electron chi connectivity index (χ4n) is 5.49. The molecule has 4 aliphatic rings. The monoisotopic (exact) mass is 352 g/mol. The van der Waals surface area contributed by atoms with E-state index in [4.69, 9.17) is 0 Å². The van der Waals surface area contributed by atoms with Gasteiger partial charge in [-0.15, -0.1) is 0 Å². The summed E-state index contributed by atoms with van der Waals surface area (Å²) in [5.74, 6) is 4.94. The number of likely N-dealkylation sites (tertiary alicyclic amines) is 1. The predicted molar refractivity (Wildman–Crippen MR) is 108 cm³/mol. The van der Waals surface area contributed by atoms with Gasteiger partial charge < -0.3 is 5.32 Å². The average molecular weight is 353 g/mol. The molecule has 142 valence electrons. The topological polar surface area (TPSA) is 15.3 Å². The summed E-state index contributed by atoms with van der Waals surface area (Å²) >= 11 is 0. The Morgan fingerprint density at radius 2 is 1.58 bits per heavy atom. The summed E-state index contributed by atoms with van der Waals surface area (Å²) in [6.07, 6.45) is 11.6. The minimum atomic E-state index is 0.824. The van der Waals surface area contributed by atoms with E-state index >= 15 is 0 Å². The van der Waals surface area contributed by atoms with E-state index < -0.39 is 0 Å². The Morgan fingerprint density at radius 3 is 2.19 bits per heavy atom. The number of hydrogen-bond donors (Lipinski definition) is 1. The Hall–Kier alpha value is -0.860. The molecule has 1 aromatic carbocycles. The summed E-state index contributed by atoms with van der Waals surface area (Å²) in [7, 11) is 0. The molecule has 4 fully saturated rings. The minimum Gasteiger partial charge on any atom is -0.316 e. The van der Waals surface area contributed by atoms with Crippen molar-refractivity contribution in [2.45, 2.75) is 63.8 Å². The van der Waals surface area contributed by atoms with Crippen molar-refractivity contribution in [1.29, 1.82) is 0 Å². The lowest BCUT2D eigenvalue weighted by Gasteiger charge is -2.36. The maximum atomic E-state index is 3.85. The van der Waals surface area contributed by atoms with Gasteiger partial charge in [-0.3, -0.25) is 4.90 Å². The number of hydrogen-bond acceptors (Lipinski definition) is 2. The molecule has 0 radical (unpaired) electrons. The summed E-state index contributed by atoms with van der Waals surface area (Å²) in [4.78, 5) is 2.59. The van der Waals surface area contributed by atoms with Gasteiger partial charge >= 0.3 is 0 Å². The normalized spacial score (nSPS) is 29.3. The van der Waals surface area contributed by atoms with Gasteiger partial charge in [-0.05, 0) is 118 Å². The van der Waals surface area contributed by atoms with Crippen LogP contribution in [-0.2, 0) is 6.54 Å². The molecule has 2 nitrogen and oxygen atoms in total. The van der Waals surface area contributed by atoms with Crippen LogP contribution >= 0.6 is 0 Å². The van der Waals surface area contributed by atoms with Gasteiger partial charge in [0.05, 0.1) is 0 Å². The molecule has 0 spiro atoms. The first-order valence-electron chi connectivity index (χ1n) is 11.4. The molecule has 0 unspecified atom stereocenters. The van der Waals surface area contributed by atoms with E-state index in [9.17, 15) is 0 Å². The van der Waals surface area contributed by atoms with Crippen LogP contribution in [0.3, 0.4) is 0 Å². The second-order valence-corrected chi connectivity index (χ2v) is 9.76. The molecule has 2 heteroatoms. The van der Waals surface area contributed by atoms with Crippen molar-refractivity contribution < 1.29 is 0 Å². The van der Waals surface area contributed by atoms with Crippen molar-refractivity contribution in [3.05, 3.63) is 35.4 Å². The molecule has 3 saturated carbocycles. The summed E-state index contributed by atoms with van der Waals surface area (Å²) in [5.41, 5.74) is 3.08. The lowest BCUT2D eigenvalue weighted by molar-refractivity contribution is 0.245.